The Morgan fingerprint density at radius 1 is 1.21 bits per heavy atom. The van der Waals surface area contributed by atoms with Crippen LogP contribution in [0.2, 0.25) is 0 Å². The van der Waals surface area contributed by atoms with E-state index in [4.69, 9.17) is 0 Å². The van der Waals surface area contributed by atoms with Crippen LogP contribution in [0.3, 0.4) is 0 Å². The Labute approximate surface area is 195 Å². The molecule has 7 nitrogen and oxygen atoms in total. The zero-order valence-corrected chi connectivity index (χ0v) is 20.4. The molecule has 2 heterocycles. The van der Waals surface area contributed by atoms with Gasteiger partial charge in [0.25, 0.3) is 5.56 Å². The Morgan fingerprint density at radius 3 is 2.67 bits per heavy atom. The van der Waals surface area contributed by atoms with Gasteiger partial charge >= 0.3 is 0 Å². The molecule has 4 rings (SSSR count). The fraction of sp³-hybridized carbons (Fsp3) is 0.577. The first-order chi connectivity index (χ1) is 15.9. The molecule has 0 saturated heterocycles. The van der Waals surface area contributed by atoms with E-state index in [0.29, 0.717) is 24.3 Å². The lowest BCUT2D eigenvalue weighted by Gasteiger charge is -2.38. The summed E-state index contributed by atoms with van der Waals surface area (Å²) in [4.78, 5) is 32.2. The summed E-state index contributed by atoms with van der Waals surface area (Å²) >= 11 is 0. The molecule has 2 aromatic heterocycles. The summed E-state index contributed by atoms with van der Waals surface area (Å²) in [5, 5.41) is 4.06. The summed E-state index contributed by atoms with van der Waals surface area (Å²) in [5.41, 5.74) is 1.99. The number of rotatable bonds is 8. The number of amides is 1. The van der Waals surface area contributed by atoms with Crippen molar-refractivity contribution < 1.29 is 4.79 Å². The van der Waals surface area contributed by atoms with E-state index in [1.165, 1.54) is 38.2 Å². The first-order valence-electron chi connectivity index (χ1n) is 12.5. The van der Waals surface area contributed by atoms with E-state index in [9.17, 15) is 9.59 Å². The summed E-state index contributed by atoms with van der Waals surface area (Å²) in [5.74, 6) is -0.0245. The summed E-state index contributed by atoms with van der Waals surface area (Å²) in [6.45, 7) is 9.83. The van der Waals surface area contributed by atoms with Gasteiger partial charge in [0.05, 0.1) is 5.52 Å². The van der Waals surface area contributed by atoms with Gasteiger partial charge in [-0.15, -0.1) is 0 Å². The quantitative estimate of drug-likeness (QED) is 0.560. The number of hydrogen-bond acceptors (Lipinski definition) is 4. The van der Waals surface area contributed by atoms with Crippen molar-refractivity contribution in [1.29, 1.82) is 0 Å². The van der Waals surface area contributed by atoms with Gasteiger partial charge in [0.2, 0.25) is 5.91 Å². The van der Waals surface area contributed by atoms with Crippen LogP contribution in [0.15, 0.2) is 35.1 Å². The summed E-state index contributed by atoms with van der Waals surface area (Å²) in [6.07, 6.45) is 7.61. The van der Waals surface area contributed by atoms with E-state index in [2.05, 4.69) is 29.0 Å². The number of nitrogens with one attached hydrogen (secondary N) is 1. The van der Waals surface area contributed by atoms with E-state index < -0.39 is 6.04 Å². The molecule has 1 saturated carbocycles. The largest absolute Gasteiger partial charge is 0.353 e. The van der Waals surface area contributed by atoms with Crippen LogP contribution in [0.25, 0.3) is 16.6 Å². The highest BCUT2D eigenvalue weighted by molar-refractivity contribution is 5.94. The Bertz CT molecular complexity index is 1170. The van der Waals surface area contributed by atoms with Gasteiger partial charge in [0.15, 0.2) is 5.65 Å². The molecule has 2 atom stereocenters. The summed E-state index contributed by atoms with van der Waals surface area (Å²) in [6, 6.07) is 10.0. The first-order valence-corrected chi connectivity index (χ1v) is 12.5. The lowest BCUT2D eigenvalue weighted by molar-refractivity contribution is -0.124. The maximum atomic E-state index is 13.3. The minimum Gasteiger partial charge on any atom is -0.353 e. The average molecular weight is 452 g/mol. The molecule has 0 aliphatic heterocycles. The molecular formula is C26H37N5O2. The average Bonchev–Trinajstić information content (AvgIpc) is 3.16. The van der Waals surface area contributed by atoms with Gasteiger partial charge in [0.1, 0.15) is 6.04 Å². The fourth-order valence-electron chi connectivity index (χ4n) is 5.37. The van der Waals surface area contributed by atoms with Gasteiger partial charge in [-0.05, 0) is 52.2 Å². The van der Waals surface area contributed by atoms with Gasteiger partial charge in [-0.3, -0.25) is 19.2 Å². The lowest BCUT2D eigenvalue weighted by atomic mass is 9.93. The minimum atomic E-state index is -0.442. The second-order valence-electron chi connectivity index (χ2n) is 9.49. The molecule has 3 aromatic rings. The SMILES string of the molecule is CC[C@@H](C)N(CCNC(=O)[C@@H](C)n1c2ccccc2c2nc(=O)cc(C)n21)C1CCCCC1. The van der Waals surface area contributed by atoms with Crippen molar-refractivity contribution in [3.63, 3.8) is 0 Å². The van der Waals surface area contributed by atoms with Crippen LogP contribution in [0.4, 0.5) is 0 Å². The van der Waals surface area contributed by atoms with Gasteiger partial charge in [-0.2, -0.15) is 4.98 Å². The number of hydrogen-bond donors (Lipinski definition) is 1. The molecule has 1 N–H and O–H groups in total. The predicted molar refractivity (Wildman–Crippen MR) is 133 cm³/mol. The summed E-state index contributed by atoms with van der Waals surface area (Å²) < 4.78 is 3.85. The Kier molecular flexibility index (Phi) is 7.17. The van der Waals surface area contributed by atoms with Crippen molar-refractivity contribution in [1.82, 2.24) is 24.4 Å². The number of para-hydroxylation sites is 1. The van der Waals surface area contributed by atoms with Gasteiger partial charge in [0, 0.05) is 42.3 Å². The molecule has 0 radical (unpaired) electrons. The van der Waals surface area contributed by atoms with Crippen molar-refractivity contribution in [2.45, 2.75) is 84.3 Å². The van der Waals surface area contributed by atoms with Gasteiger partial charge in [-0.25, -0.2) is 4.52 Å². The zero-order valence-electron chi connectivity index (χ0n) is 20.4. The van der Waals surface area contributed by atoms with E-state index in [-0.39, 0.29) is 11.5 Å². The molecule has 0 spiro atoms. The van der Waals surface area contributed by atoms with Gasteiger partial charge in [-0.1, -0.05) is 38.3 Å². The van der Waals surface area contributed by atoms with Crippen molar-refractivity contribution in [2.75, 3.05) is 13.1 Å². The monoisotopic (exact) mass is 451 g/mol. The topological polar surface area (TPSA) is 71.6 Å². The molecular weight excluding hydrogens is 414 g/mol. The number of benzene rings is 1. The third-order valence-electron chi connectivity index (χ3n) is 7.31. The highest BCUT2D eigenvalue weighted by Gasteiger charge is 2.26. The van der Waals surface area contributed by atoms with Crippen molar-refractivity contribution in [3.8, 4) is 0 Å². The molecule has 1 aliphatic carbocycles. The second kappa shape index (κ2) is 10.1. The molecule has 0 unspecified atom stereocenters. The molecule has 1 aromatic carbocycles. The van der Waals surface area contributed by atoms with Crippen LogP contribution in [0.1, 0.15) is 71.0 Å². The normalized spacial score (nSPS) is 17.0. The van der Waals surface area contributed by atoms with E-state index >= 15 is 0 Å². The van der Waals surface area contributed by atoms with Crippen LogP contribution in [-0.2, 0) is 4.79 Å². The van der Waals surface area contributed by atoms with E-state index in [1.807, 2.05) is 47.3 Å². The van der Waals surface area contributed by atoms with Crippen molar-refractivity contribution in [3.05, 3.63) is 46.4 Å². The molecule has 7 heteroatoms. The number of fused-ring (bicyclic) bond motifs is 3. The highest BCUT2D eigenvalue weighted by atomic mass is 16.2. The zero-order chi connectivity index (χ0) is 23.5. The minimum absolute atomic E-state index is 0.0245. The number of aryl methyl sites for hydroxylation is 1. The standard InChI is InChI=1S/C26H37N5O2/c1-5-18(2)29(21-11-7-6-8-12-21)16-15-27-26(33)20(4)31-23-14-10-9-13-22(23)25-28-24(32)17-19(3)30(25)31/h9-10,13-14,17-18,20-21H,5-8,11-12,15-16H2,1-4H3,(H,27,33)/t18-,20-/m1/s1. The van der Waals surface area contributed by atoms with Crippen LogP contribution in [0.5, 0.6) is 0 Å². The highest BCUT2D eigenvalue weighted by Crippen LogP contribution is 2.26. The Morgan fingerprint density at radius 2 is 1.94 bits per heavy atom. The van der Waals surface area contributed by atoms with Crippen LogP contribution in [-0.4, -0.2) is 50.2 Å². The third-order valence-corrected chi connectivity index (χ3v) is 7.31. The first kappa shape index (κ1) is 23.5. The number of carbonyl (C=O) groups is 1. The van der Waals surface area contributed by atoms with E-state index in [1.54, 1.807) is 0 Å². The van der Waals surface area contributed by atoms with Gasteiger partial charge < -0.3 is 5.32 Å². The summed E-state index contributed by atoms with van der Waals surface area (Å²) in [7, 11) is 0. The maximum Gasteiger partial charge on any atom is 0.273 e. The lowest BCUT2D eigenvalue weighted by Crippen LogP contribution is -2.47. The molecule has 0 bridgehead atoms. The van der Waals surface area contributed by atoms with Crippen molar-refractivity contribution >= 4 is 22.5 Å². The molecule has 1 fully saturated rings. The third kappa shape index (κ3) is 4.69. The van der Waals surface area contributed by atoms with Crippen molar-refractivity contribution in [2.24, 2.45) is 0 Å². The number of nitrogens with zero attached hydrogens (tertiary/aromatic N) is 4. The maximum absolute atomic E-state index is 13.3. The van der Waals surface area contributed by atoms with E-state index in [0.717, 1.165) is 29.6 Å². The number of carbonyl (C=O) groups excluding carboxylic acids is 1. The van der Waals surface area contributed by atoms with Crippen LogP contribution >= 0.6 is 0 Å². The Balaban J connectivity index is 1.54. The molecule has 33 heavy (non-hydrogen) atoms. The second-order valence-corrected chi connectivity index (χ2v) is 9.49. The molecule has 1 amide bonds. The Hall–Kier alpha value is -2.67. The predicted octanol–water partition coefficient (Wildman–Crippen LogP) is 4.07. The fourth-order valence-corrected chi connectivity index (χ4v) is 5.37. The van der Waals surface area contributed by atoms with Crippen LogP contribution in [0, 0.1) is 6.92 Å². The molecule has 178 valence electrons. The van der Waals surface area contributed by atoms with Crippen LogP contribution < -0.4 is 10.9 Å². The number of aromatic nitrogens is 3. The molecule has 1 aliphatic rings. The smallest absolute Gasteiger partial charge is 0.273 e.